The summed E-state index contributed by atoms with van der Waals surface area (Å²) < 4.78 is 4.98. The van der Waals surface area contributed by atoms with Gasteiger partial charge in [-0.1, -0.05) is 27.2 Å². The molecule has 0 fully saturated rings. The lowest BCUT2D eigenvalue weighted by Crippen LogP contribution is -2.42. The van der Waals surface area contributed by atoms with Gasteiger partial charge in [-0.25, -0.2) is 0 Å². The minimum Gasteiger partial charge on any atom is -0.465 e. The van der Waals surface area contributed by atoms with Crippen LogP contribution in [0, 0.1) is 5.92 Å². The molecule has 0 aliphatic carbocycles. The van der Waals surface area contributed by atoms with Crippen molar-refractivity contribution in [3.63, 3.8) is 0 Å². The van der Waals surface area contributed by atoms with E-state index in [0.29, 0.717) is 12.5 Å². The Labute approximate surface area is 80.8 Å². The summed E-state index contributed by atoms with van der Waals surface area (Å²) in [6.07, 6.45) is 0.983. The second kappa shape index (κ2) is 6.89. The van der Waals surface area contributed by atoms with Gasteiger partial charge in [0.15, 0.2) is 0 Å². The maximum absolute atomic E-state index is 11.4. The molecule has 78 valence electrons. The highest BCUT2D eigenvalue weighted by atomic mass is 16.5. The van der Waals surface area contributed by atoms with Gasteiger partial charge in [-0.15, -0.1) is 0 Å². The fourth-order valence-corrected chi connectivity index (χ4v) is 1.20. The van der Waals surface area contributed by atoms with Crippen LogP contribution in [0.1, 0.15) is 34.1 Å². The van der Waals surface area contributed by atoms with Crippen LogP contribution in [0.2, 0.25) is 0 Å². The molecule has 0 heterocycles. The van der Waals surface area contributed by atoms with Crippen LogP contribution >= 0.6 is 0 Å². The quantitative estimate of drug-likeness (QED) is 0.641. The lowest BCUT2D eigenvalue weighted by Gasteiger charge is -2.21. The molecule has 0 aliphatic heterocycles. The fourth-order valence-electron chi connectivity index (χ4n) is 1.20. The van der Waals surface area contributed by atoms with Crippen LogP contribution in [-0.4, -0.2) is 25.2 Å². The Morgan fingerprint density at radius 3 is 2.38 bits per heavy atom. The van der Waals surface area contributed by atoms with E-state index < -0.39 is 0 Å². The van der Waals surface area contributed by atoms with Gasteiger partial charge in [0.1, 0.15) is 6.04 Å². The molecule has 2 unspecified atom stereocenters. The first-order valence-electron chi connectivity index (χ1n) is 5.07. The largest absolute Gasteiger partial charge is 0.465 e. The molecule has 0 aromatic heterocycles. The van der Waals surface area contributed by atoms with Crippen LogP contribution in [0.5, 0.6) is 0 Å². The molecule has 3 heteroatoms. The van der Waals surface area contributed by atoms with Gasteiger partial charge in [-0.05, 0) is 19.4 Å². The molecule has 2 atom stereocenters. The van der Waals surface area contributed by atoms with Crippen molar-refractivity contribution in [2.75, 3.05) is 13.2 Å². The smallest absolute Gasteiger partial charge is 0.323 e. The number of rotatable bonds is 6. The predicted octanol–water partition coefficient (Wildman–Crippen LogP) is 1.57. The number of carbonyl (C=O) groups excluding carboxylic acids is 1. The Balaban J connectivity index is 4.13. The molecule has 0 aliphatic rings. The van der Waals surface area contributed by atoms with Gasteiger partial charge in [0, 0.05) is 0 Å². The maximum Gasteiger partial charge on any atom is 0.323 e. The summed E-state index contributed by atoms with van der Waals surface area (Å²) >= 11 is 0. The number of carbonyl (C=O) groups is 1. The molecular weight excluding hydrogens is 166 g/mol. The van der Waals surface area contributed by atoms with Crippen LogP contribution in [0.4, 0.5) is 0 Å². The van der Waals surface area contributed by atoms with E-state index in [1.807, 2.05) is 13.8 Å². The van der Waals surface area contributed by atoms with E-state index in [2.05, 4.69) is 19.2 Å². The highest BCUT2D eigenvalue weighted by molar-refractivity contribution is 5.76. The standard InChI is InChI=1S/C10H21NO2/c1-5-8(4)9(11-6-2)10(12)13-7-3/h8-9,11H,5-7H2,1-4H3. The minimum atomic E-state index is -0.144. The third kappa shape index (κ3) is 4.27. The van der Waals surface area contributed by atoms with Crippen molar-refractivity contribution in [1.82, 2.24) is 5.32 Å². The number of nitrogens with one attached hydrogen (secondary N) is 1. The average Bonchev–Trinajstić information content (AvgIpc) is 2.13. The van der Waals surface area contributed by atoms with E-state index in [0.717, 1.165) is 13.0 Å². The topological polar surface area (TPSA) is 38.3 Å². The van der Waals surface area contributed by atoms with Gasteiger partial charge in [0.05, 0.1) is 6.61 Å². The Morgan fingerprint density at radius 1 is 1.38 bits per heavy atom. The summed E-state index contributed by atoms with van der Waals surface area (Å²) in [6.45, 7) is 9.22. The van der Waals surface area contributed by atoms with Crippen molar-refractivity contribution in [2.45, 2.75) is 40.2 Å². The molecule has 0 radical (unpaired) electrons. The Morgan fingerprint density at radius 2 is 2.00 bits per heavy atom. The highest BCUT2D eigenvalue weighted by Gasteiger charge is 2.23. The Hall–Kier alpha value is -0.570. The van der Waals surface area contributed by atoms with Gasteiger partial charge >= 0.3 is 5.97 Å². The molecule has 3 nitrogen and oxygen atoms in total. The van der Waals surface area contributed by atoms with E-state index in [4.69, 9.17) is 4.74 Å². The van der Waals surface area contributed by atoms with Gasteiger partial charge in [0.25, 0.3) is 0 Å². The summed E-state index contributed by atoms with van der Waals surface area (Å²) in [4.78, 5) is 11.4. The van der Waals surface area contributed by atoms with Crippen LogP contribution in [0.3, 0.4) is 0 Å². The summed E-state index contributed by atoms with van der Waals surface area (Å²) in [6, 6.07) is -0.144. The molecule has 0 saturated carbocycles. The minimum absolute atomic E-state index is 0.126. The molecule has 0 spiro atoms. The zero-order chi connectivity index (χ0) is 10.3. The average molecular weight is 187 g/mol. The number of ether oxygens (including phenoxy) is 1. The molecule has 0 amide bonds. The third-order valence-electron chi connectivity index (χ3n) is 2.18. The summed E-state index contributed by atoms with van der Waals surface area (Å²) in [5.74, 6) is 0.206. The second-order valence-electron chi connectivity index (χ2n) is 3.17. The molecule has 1 N–H and O–H groups in total. The van der Waals surface area contributed by atoms with Crippen molar-refractivity contribution >= 4 is 5.97 Å². The monoisotopic (exact) mass is 187 g/mol. The molecule has 0 saturated heterocycles. The maximum atomic E-state index is 11.4. The van der Waals surface area contributed by atoms with Crippen LogP contribution in [0.15, 0.2) is 0 Å². The Bertz CT molecular complexity index is 148. The number of hydrogen-bond donors (Lipinski definition) is 1. The first-order valence-corrected chi connectivity index (χ1v) is 5.07. The van der Waals surface area contributed by atoms with Gasteiger partial charge < -0.3 is 10.1 Å². The van der Waals surface area contributed by atoms with Crippen molar-refractivity contribution in [1.29, 1.82) is 0 Å². The zero-order valence-electron chi connectivity index (χ0n) is 9.09. The van der Waals surface area contributed by atoms with E-state index in [-0.39, 0.29) is 12.0 Å². The number of esters is 1. The van der Waals surface area contributed by atoms with Gasteiger partial charge in [0.2, 0.25) is 0 Å². The van der Waals surface area contributed by atoms with E-state index in [1.54, 1.807) is 0 Å². The molecule has 0 rings (SSSR count). The second-order valence-corrected chi connectivity index (χ2v) is 3.17. The SMILES string of the molecule is CCNC(C(=O)OCC)C(C)CC. The molecule has 0 aromatic carbocycles. The summed E-state index contributed by atoms with van der Waals surface area (Å²) in [5, 5.41) is 3.14. The molecule has 13 heavy (non-hydrogen) atoms. The number of hydrogen-bond acceptors (Lipinski definition) is 3. The predicted molar refractivity (Wildman–Crippen MR) is 53.6 cm³/mol. The van der Waals surface area contributed by atoms with E-state index in [1.165, 1.54) is 0 Å². The summed E-state index contributed by atoms with van der Waals surface area (Å²) in [5.41, 5.74) is 0. The van der Waals surface area contributed by atoms with Crippen molar-refractivity contribution < 1.29 is 9.53 Å². The van der Waals surface area contributed by atoms with Crippen LogP contribution in [0.25, 0.3) is 0 Å². The molecule has 0 bridgehead atoms. The van der Waals surface area contributed by atoms with Crippen LogP contribution in [-0.2, 0) is 9.53 Å². The highest BCUT2D eigenvalue weighted by Crippen LogP contribution is 2.08. The van der Waals surface area contributed by atoms with E-state index >= 15 is 0 Å². The van der Waals surface area contributed by atoms with Crippen molar-refractivity contribution in [2.24, 2.45) is 5.92 Å². The lowest BCUT2D eigenvalue weighted by molar-refractivity contribution is -0.147. The molecular formula is C10H21NO2. The zero-order valence-corrected chi connectivity index (χ0v) is 9.09. The molecule has 0 aromatic rings. The van der Waals surface area contributed by atoms with Crippen molar-refractivity contribution in [3.8, 4) is 0 Å². The third-order valence-corrected chi connectivity index (χ3v) is 2.18. The first-order chi connectivity index (χ1) is 6.17. The van der Waals surface area contributed by atoms with Gasteiger partial charge in [-0.3, -0.25) is 4.79 Å². The lowest BCUT2D eigenvalue weighted by atomic mass is 9.99. The van der Waals surface area contributed by atoms with Crippen LogP contribution < -0.4 is 5.32 Å². The first kappa shape index (κ1) is 12.4. The Kier molecular flexibility index (Phi) is 6.59. The van der Waals surface area contributed by atoms with Gasteiger partial charge in [-0.2, -0.15) is 0 Å². The van der Waals surface area contributed by atoms with E-state index in [9.17, 15) is 4.79 Å². The number of likely N-dealkylation sites (N-methyl/N-ethyl adjacent to an activating group) is 1. The normalized spacial score (nSPS) is 15.1. The fraction of sp³-hybridized carbons (Fsp3) is 0.900. The van der Waals surface area contributed by atoms with Crippen molar-refractivity contribution in [3.05, 3.63) is 0 Å². The summed E-state index contributed by atoms with van der Waals surface area (Å²) in [7, 11) is 0.